The van der Waals surface area contributed by atoms with Crippen LogP contribution in [-0.4, -0.2) is 16.3 Å². The van der Waals surface area contributed by atoms with Crippen molar-refractivity contribution in [2.24, 2.45) is 7.05 Å². The van der Waals surface area contributed by atoms with E-state index in [4.69, 9.17) is 6.42 Å². The summed E-state index contributed by atoms with van der Waals surface area (Å²) >= 11 is 0. The quantitative estimate of drug-likeness (QED) is 0.535. The maximum atomic E-state index is 5.13. The monoisotopic (exact) mass is 177 g/mol. The maximum absolute atomic E-state index is 5.13. The van der Waals surface area contributed by atoms with Gasteiger partial charge in [0.1, 0.15) is 0 Å². The molecule has 1 rings (SSSR count). The van der Waals surface area contributed by atoms with E-state index in [-0.39, 0.29) is 0 Å². The van der Waals surface area contributed by atoms with Gasteiger partial charge in [-0.2, -0.15) is 5.10 Å². The molecule has 0 unspecified atom stereocenters. The van der Waals surface area contributed by atoms with Gasteiger partial charge in [0.15, 0.2) is 0 Å². The third-order valence-electron chi connectivity index (χ3n) is 1.75. The Hall–Kier alpha value is -1.27. The van der Waals surface area contributed by atoms with Crippen molar-refractivity contribution < 1.29 is 0 Å². The molecule has 1 N–H and O–H groups in total. The van der Waals surface area contributed by atoms with Crippen LogP contribution in [0.4, 0.5) is 0 Å². The van der Waals surface area contributed by atoms with Crippen LogP contribution in [0.1, 0.15) is 18.5 Å². The van der Waals surface area contributed by atoms with Gasteiger partial charge in [-0.05, 0) is 19.0 Å². The Morgan fingerprint density at radius 1 is 1.69 bits per heavy atom. The Kier molecular flexibility index (Phi) is 4.07. The zero-order valence-corrected chi connectivity index (χ0v) is 7.95. The molecule has 0 radical (unpaired) electrons. The molecule has 70 valence electrons. The van der Waals surface area contributed by atoms with Gasteiger partial charge >= 0.3 is 0 Å². The SMILES string of the molecule is C#CCCCNCc1ccn(C)n1. The Bertz CT molecular complexity index is 283. The summed E-state index contributed by atoms with van der Waals surface area (Å²) in [5.41, 5.74) is 1.07. The minimum Gasteiger partial charge on any atom is -0.311 e. The van der Waals surface area contributed by atoms with Gasteiger partial charge in [-0.3, -0.25) is 4.68 Å². The van der Waals surface area contributed by atoms with Gasteiger partial charge in [-0.1, -0.05) is 0 Å². The fourth-order valence-corrected chi connectivity index (χ4v) is 1.09. The minimum atomic E-state index is 0.825. The molecule has 0 aliphatic carbocycles. The van der Waals surface area contributed by atoms with Crippen LogP contribution in [0.3, 0.4) is 0 Å². The number of unbranched alkanes of at least 4 members (excludes halogenated alkanes) is 1. The Labute approximate surface area is 79.1 Å². The van der Waals surface area contributed by atoms with Gasteiger partial charge in [0.2, 0.25) is 0 Å². The van der Waals surface area contributed by atoms with E-state index in [2.05, 4.69) is 16.3 Å². The van der Waals surface area contributed by atoms with Crippen LogP contribution in [0, 0.1) is 12.3 Å². The number of terminal acetylenes is 1. The number of aromatic nitrogens is 2. The molecule has 1 heterocycles. The van der Waals surface area contributed by atoms with Crippen molar-refractivity contribution in [2.45, 2.75) is 19.4 Å². The largest absolute Gasteiger partial charge is 0.311 e. The van der Waals surface area contributed by atoms with Crippen LogP contribution in [0.2, 0.25) is 0 Å². The normalized spacial score (nSPS) is 9.85. The summed E-state index contributed by atoms with van der Waals surface area (Å²) in [6.45, 7) is 1.78. The van der Waals surface area contributed by atoms with E-state index in [0.29, 0.717) is 0 Å². The van der Waals surface area contributed by atoms with Crippen LogP contribution in [0.25, 0.3) is 0 Å². The zero-order valence-electron chi connectivity index (χ0n) is 7.95. The summed E-state index contributed by atoms with van der Waals surface area (Å²) in [7, 11) is 1.92. The average molecular weight is 177 g/mol. The fourth-order valence-electron chi connectivity index (χ4n) is 1.09. The number of aryl methyl sites for hydroxylation is 1. The molecular weight excluding hydrogens is 162 g/mol. The van der Waals surface area contributed by atoms with Gasteiger partial charge in [0.05, 0.1) is 5.69 Å². The van der Waals surface area contributed by atoms with Crippen molar-refractivity contribution in [2.75, 3.05) is 6.54 Å². The van der Waals surface area contributed by atoms with Crippen LogP contribution >= 0.6 is 0 Å². The lowest BCUT2D eigenvalue weighted by atomic mass is 10.3. The third-order valence-corrected chi connectivity index (χ3v) is 1.75. The molecule has 0 aromatic carbocycles. The van der Waals surface area contributed by atoms with E-state index in [1.54, 1.807) is 4.68 Å². The first-order valence-corrected chi connectivity index (χ1v) is 4.45. The van der Waals surface area contributed by atoms with Gasteiger partial charge < -0.3 is 5.32 Å². The lowest BCUT2D eigenvalue weighted by Gasteiger charge is -1.99. The van der Waals surface area contributed by atoms with Gasteiger partial charge in [-0.15, -0.1) is 12.3 Å². The summed E-state index contributed by atoms with van der Waals surface area (Å²) in [6.07, 6.45) is 8.95. The minimum absolute atomic E-state index is 0.825. The van der Waals surface area contributed by atoms with Crippen LogP contribution in [-0.2, 0) is 13.6 Å². The van der Waals surface area contributed by atoms with Crippen molar-refractivity contribution in [1.29, 1.82) is 0 Å². The molecule has 0 saturated carbocycles. The Balaban J connectivity index is 2.10. The Morgan fingerprint density at radius 2 is 2.54 bits per heavy atom. The molecular formula is C10H15N3. The molecule has 13 heavy (non-hydrogen) atoms. The van der Waals surface area contributed by atoms with Crippen molar-refractivity contribution in [3.05, 3.63) is 18.0 Å². The first kappa shape index (κ1) is 9.82. The summed E-state index contributed by atoms with van der Waals surface area (Å²) < 4.78 is 1.80. The molecule has 0 amide bonds. The second-order valence-electron chi connectivity index (χ2n) is 2.97. The fraction of sp³-hybridized carbons (Fsp3) is 0.500. The van der Waals surface area contributed by atoms with Crippen LogP contribution < -0.4 is 5.32 Å². The van der Waals surface area contributed by atoms with Crippen molar-refractivity contribution in [3.63, 3.8) is 0 Å². The van der Waals surface area contributed by atoms with Gasteiger partial charge in [-0.25, -0.2) is 0 Å². The van der Waals surface area contributed by atoms with Gasteiger partial charge in [0, 0.05) is 26.2 Å². The molecule has 3 nitrogen and oxygen atoms in total. The first-order chi connectivity index (χ1) is 6.33. The molecule has 0 aliphatic rings. The molecule has 0 atom stereocenters. The standard InChI is InChI=1S/C10H15N3/c1-3-4-5-7-11-9-10-6-8-13(2)12-10/h1,6,8,11H,4-5,7,9H2,2H3. The summed E-state index contributed by atoms with van der Waals surface area (Å²) in [4.78, 5) is 0. The second kappa shape index (κ2) is 5.39. The summed E-state index contributed by atoms with van der Waals surface area (Å²) in [5, 5.41) is 7.52. The topological polar surface area (TPSA) is 29.9 Å². The number of nitrogens with one attached hydrogen (secondary N) is 1. The molecule has 3 heteroatoms. The highest BCUT2D eigenvalue weighted by Gasteiger charge is 1.94. The first-order valence-electron chi connectivity index (χ1n) is 4.45. The highest BCUT2D eigenvalue weighted by atomic mass is 15.3. The Morgan fingerprint density at radius 3 is 3.15 bits per heavy atom. The van der Waals surface area contributed by atoms with E-state index >= 15 is 0 Å². The lowest BCUT2D eigenvalue weighted by molar-refractivity contribution is 0.635. The number of nitrogens with zero attached hydrogens (tertiary/aromatic N) is 2. The van der Waals surface area contributed by atoms with E-state index in [1.807, 2.05) is 19.3 Å². The highest BCUT2D eigenvalue weighted by molar-refractivity contribution is 4.97. The predicted octanol–water partition coefficient (Wildman–Crippen LogP) is 0.923. The molecule has 0 spiro atoms. The van der Waals surface area contributed by atoms with Crippen LogP contribution in [0.15, 0.2) is 12.3 Å². The van der Waals surface area contributed by atoms with Crippen molar-refractivity contribution in [3.8, 4) is 12.3 Å². The van der Waals surface area contributed by atoms with E-state index < -0.39 is 0 Å². The maximum Gasteiger partial charge on any atom is 0.0762 e. The van der Waals surface area contributed by atoms with Crippen LogP contribution in [0.5, 0.6) is 0 Å². The lowest BCUT2D eigenvalue weighted by Crippen LogP contribution is -2.15. The summed E-state index contributed by atoms with van der Waals surface area (Å²) in [6, 6.07) is 2.01. The van der Waals surface area contributed by atoms with E-state index in [0.717, 1.165) is 31.6 Å². The predicted molar refractivity (Wildman–Crippen MR) is 53.0 cm³/mol. The van der Waals surface area contributed by atoms with E-state index in [1.165, 1.54) is 0 Å². The zero-order chi connectivity index (χ0) is 9.52. The smallest absolute Gasteiger partial charge is 0.0762 e. The third kappa shape index (κ3) is 3.77. The molecule has 1 aromatic heterocycles. The number of hydrogen-bond donors (Lipinski definition) is 1. The van der Waals surface area contributed by atoms with Crippen molar-refractivity contribution in [1.82, 2.24) is 15.1 Å². The number of hydrogen-bond acceptors (Lipinski definition) is 2. The molecule has 1 aromatic rings. The molecule has 0 bridgehead atoms. The molecule has 0 aliphatic heterocycles. The van der Waals surface area contributed by atoms with Crippen molar-refractivity contribution >= 4 is 0 Å². The average Bonchev–Trinajstić information content (AvgIpc) is 2.51. The van der Waals surface area contributed by atoms with Gasteiger partial charge in [0.25, 0.3) is 0 Å². The molecule has 0 fully saturated rings. The summed E-state index contributed by atoms with van der Waals surface area (Å²) in [5.74, 6) is 2.61. The highest BCUT2D eigenvalue weighted by Crippen LogP contribution is 1.93. The number of rotatable bonds is 5. The second-order valence-corrected chi connectivity index (χ2v) is 2.97. The molecule has 0 saturated heterocycles. The van der Waals surface area contributed by atoms with E-state index in [9.17, 15) is 0 Å².